The van der Waals surface area contributed by atoms with E-state index in [0.717, 1.165) is 44.6 Å². The summed E-state index contributed by atoms with van der Waals surface area (Å²) in [5.41, 5.74) is 0.144. The number of halogens is 2. The number of nitrogens with one attached hydrogen (secondary N) is 1. The van der Waals surface area contributed by atoms with Gasteiger partial charge in [0, 0.05) is 23.5 Å². The predicted molar refractivity (Wildman–Crippen MR) is 91.4 cm³/mol. The predicted octanol–water partition coefficient (Wildman–Crippen LogP) is 3.64. The second kappa shape index (κ2) is 7.85. The van der Waals surface area contributed by atoms with Crippen LogP contribution in [0.15, 0.2) is 35.7 Å². The van der Waals surface area contributed by atoms with Gasteiger partial charge in [-0.15, -0.1) is 11.3 Å². The largest absolute Gasteiger partial charge is 0.351 e. The van der Waals surface area contributed by atoms with Crippen molar-refractivity contribution in [3.63, 3.8) is 0 Å². The van der Waals surface area contributed by atoms with Gasteiger partial charge in [-0.2, -0.15) is 0 Å². The molecule has 1 saturated heterocycles. The van der Waals surface area contributed by atoms with Crippen molar-refractivity contribution >= 4 is 17.2 Å². The molecule has 0 atom stereocenters. The molecule has 0 unspecified atom stereocenters. The maximum Gasteiger partial charge on any atom is 0.251 e. The summed E-state index contributed by atoms with van der Waals surface area (Å²) in [6, 6.07) is 7.49. The van der Waals surface area contributed by atoms with Crippen molar-refractivity contribution in [2.75, 3.05) is 26.2 Å². The van der Waals surface area contributed by atoms with E-state index in [4.69, 9.17) is 0 Å². The first-order valence-electron chi connectivity index (χ1n) is 8.12. The van der Waals surface area contributed by atoms with Crippen LogP contribution in [0.2, 0.25) is 0 Å². The molecule has 1 amide bonds. The molecule has 2 heterocycles. The Morgan fingerprint density at radius 1 is 1.21 bits per heavy atom. The molecule has 1 N–H and O–H groups in total. The van der Waals surface area contributed by atoms with E-state index < -0.39 is 11.6 Å². The zero-order valence-electron chi connectivity index (χ0n) is 13.3. The van der Waals surface area contributed by atoms with Gasteiger partial charge in [-0.05, 0) is 61.5 Å². The number of likely N-dealkylation sites (tertiary alicyclic amines) is 1. The summed E-state index contributed by atoms with van der Waals surface area (Å²) in [5, 5.41) is 4.88. The highest BCUT2D eigenvalue weighted by Crippen LogP contribution is 2.30. The zero-order valence-corrected chi connectivity index (χ0v) is 14.1. The van der Waals surface area contributed by atoms with Crippen LogP contribution in [0.3, 0.4) is 0 Å². The molecule has 0 bridgehead atoms. The number of hydrogen-bond donors (Lipinski definition) is 1. The number of nitrogens with zero attached hydrogens (tertiary/aromatic N) is 1. The van der Waals surface area contributed by atoms with Crippen LogP contribution < -0.4 is 5.32 Å². The molecule has 3 rings (SSSR count). The SMILES string of the molecule is O=C(NCCN1CCC(c2cccs2)CC1)c1ccc(F)c(F)c1. The molecular formula is C18H20F2N2OS. The first kappa shape index (κ1) is 17.0. The fourth-order valence-electron chi connectivity index (χ4n) is 3.03. The Hall–Kier alpha value is -1.79. The first-order valence-corrected chi connectivity index (χ1v) is 9.00. The molecule has 3 nitrogen and oxygen atoms in total. The fraction of sp³-hybridized carbons (Fsp3) is 0.389. The number of rotatable bonds is 5. The third kappa shape index (κ3) is 4.19. The summed E-state index contributed by atoms with van der Waals surface area (Å²) < 4.78 is 26.0. The molecule has 0 saturated carbocycles. The van der Waals surface area contributed by atoms with Crippen molar-refractivity contribution in [2.24, 2.45) is 0 Å². The van der Waals surface area contributed by atoms with Gasteiger partial charge in [-0.3, -0.25) is 4.79 Å². The van der Waals surface area contributed by atoms with Crippen molar-refractivity contribution in [1.82, 2.24) is 10.2 Å². The Kier molecular flexibility index (Phi) is 5.58. The minimum absolute atomic E-state index is 0.144. The van der Waals surface area contributed by atoms with Gasteiger partial charge in [0.05, 0.1) is 0 Å². The molecule has 0 aliphatic carbocycles. The van der Waals surface area contributed by atoms with E-state index >= 15 is 0 Å². The van der Waals surface area contributed by atoms with Crippen LogP contribution in [-0.4, -0.2) is 37.0 Å². The summed E-state index contributed by atoms with van der Waals surface area (Å²) >= 11 is 1.82. The monoisotopic (exact) mass is 350 g/mol. The van der Waals surface area contributed by atoms with Crippen molar-refractivity contribution < 1.29 is 13.6 Å². The van der Waals surface area contributed by atoms with Crippen LogP contribution in [0.1, 0.15) is 34.0 Å². The quantitative estimate of drug-likeness (QED) is 0.893. The molecule has 2 aromatic rings. The van der Waals surface area contributed by atoms with Crippen LogP contribution in [0.4, 0.5) is 8.78 Å². The van der Waals surface area contributed by atoms with Gasteiger partial charge in [-0.25, -0.2) is 8.78 Å². The van der Waals surface area contributed by atoms with E-state index in [2.05, 4.69) is 27.7 Å². The maximum atomic E-state index is 13.1. The van der Waals surface area contributed by atoms with E-state index in [1.54, 1.807) is 0 Å². The van der Waals surface area contributed by atoms with Crippen LogP contribution in [-0.2, 0) is 0 Å². The summed E-state index contributed by atoms with van der Waals surface area (Å²) in [7, 11) is 0. The van der Waals surface area contributed by atoms with Crippen LogP contribution in [0.5, 0.6) is 0 Å². The molecule has 1 aromatic heterocycles. The zero-order chi connectivity index (χ0) is 16.9. The van der Waals surface area contributed by atoms with Crippen molar-refractivity contribution in [1.29, 1.82) is 0 Å². The molecule has 128 valence electrons. The Bertz CT molecular complexity index is 682. The standard InChI is InChI=1S/C18H20F2N2OS/c19-15-4-3-14(12-16(15)20)18(23)21-7-10-22-8-5-13(6-9-22)17-2-1-11-24-17/h1-4,11-13H,5-10H2,(H,21,23). The normalized spacial score (nSPS) is 16.2. The molecule has 0 spiro atoms. The Labute approximate surface area is 144 Å². The van der Waals surface area contributed by atoms with Crippen LogP contribution in [0, 0.1) is 11.6 Å². The highest BCUT2D eigenvalue weighted by molar-refractivity contribution is 7.10. The topological polar surface area (TPSA) is 32.3 Å². The summed E-state index contributed by atoms with van der Waals surface area (Å²) in [6.45, 7) is 3.31. The third-order valence-electron chi connectivity index (χ3n) is 4.43. The lowest BCUT2D eigenvalue weighted by Crippen LogP contribution is -2.39. The Morgan fingerprint density at radius 2 is 2.00 bits per heavy atom. The molecule has 6 heteroatoms. The molecule has 24 heavy (non-hydrogen) atoms. The van der Waals surface area contributed by atoms with Crippen molar-refractivity contribution in [2.45, 2.75) is 18.8 Å². The van der Waals surface area contributed by atoms with E-state index in [0.29, 0.717) is 12.5 Å². The minimum atomic E-state index is -1.00. The third-order valence-corrected chi connectivity index (χ3v) is 5.46. The van der Waals surface area contributed by atoms with Gasteiger partial charge >= 0.3 is 0 Å². The van der Waals surface area contributed by atoms with Gasteiger partial charge in [0.25, 0.3) is 5.91 Å². The average molecular weight is 350 g/mol. The number of piperidine rings is 1. The lowest BCUT2D eigenvalue weighted by atomic mass is 9.95. The van der Waals surface area contributed by atoms with Gasteiger partial charge in [0.1, 0.15) is 0 Å². The van der Waals surface area contributed by atoms with Crippen molar-refractivity contribution in [3.05, 3.63) is 57.8 Å². The Balaban J connectivity index is 1.41. The van der Waals surface area contributed by atoms with E-state index in [9.17, 15) is 13.6 Å². The van der Waals surface area contributed by atoms with Gasteiger partial charge < -0.3 is 10.2 Å². The average Bonchev–Trinajstić information content (AvgIpc) is 3.12. The van der Waals surface area contributed by atoms with Gasteiger partial charge in [0.15, 0.2) is 11.6 Å². The number of thiophene rings is 1. The van der Waals surface area contributed by atoms with Crippen LogP contribution >= 0.6 is 11.3 Å². The maximum absolute atomic E-state index is 13.1. The molecular weight excluding hydrogens is 330 g/mol. The Morgan fingerprint density at radius 3 is 2.67 bits per heavy atom. The number of carbonyl (C=O) groups excluding carboxylic acids is 1. The van der Waals surface area contributed by atoms with E-state index in [1.807, 2.05) is 11.3 Å². The second-order valence-electron chi connectivity index (χ2n) is 6.02. The number of carbonyl (C=O) groups is 1. The molecule has 0 radical (unpaired) electrons. The van der Waals surface area contributed by atoms with Crippen molar-refractivity contribution in [3.8, 4) is 0 Å². The smallest absolute Gasteiger partial charge is 0.251 e. The fourth-order valence-corrected chi connectivity index (χ4v) is 3.93. The molecule has 1 aliphatic heterocycles. The molecule has 1 aromatic carbocycles. The summed E-state index contributed by atoms with van der Waals surface area (Å²) in [5.74, 6) is -1.67. The number of amides is 1. The highest BCUT2D eigenvalue weighted by atomic mass is 32.1. The summed E-state index contributed by atoms with van der Waals surface area (Å²) in [4.78, 5) is 15.7. The minimum Gasteiger partial charge on any atom is -0.351 e. The first-order chi connectivity index (χ1) is 11.6. The number of benzene rings is 1. The highest BCUT2D eigenvalue weighted by Gasteiger charge is 2.21. The van der Waals surface area contributed by atoms with Gasteiger partial charge in [-0.1, -0.05) is 6.07 Å². The second-order valence-corrected chi connectivity index (χ2v) is 7.00. The lowest BCUT2D eigenvalue weighted by molar-refractivity contribution is 0.0945. The molecule has 1 aliphatic rings. The van der Waals surface area contributed by atoms with Gasteiger partial charge in [0.2, 0.25) is 0 Å². The molecule has 1 fully saturated rings. The summed E-state index contributed by atoms with van der Waals surface area (Å²) in [6.07, 6.45) is 2.27. The number of hydrogen-bond acceptors (Lipinski definition) is 3. The van der Waals surface area contributed by atoms with E-state index in [1.165, 1.54) is 10.9 Å². The lowest BCUT2D eigenvalue weighted by Gasteiger charge is -2.31. The van der Waals surface area contributed by atoms with E-state index in [-0.39, 0.29) is 11.5 Å². The van der Waals surface area contributed by atoms with Crippen LogP contribution in [0.25, 0.3) is 0 Å².